The Morgan fingerprint density at radius 3 is 2.54 bits per heavy atom. The molecule has 0 radical (unpaired) electrons. The van der Waals surface area contributed by atoms with Gasteiger partial charge in [0.05, 0.1) is 23.0 Å². The number of aromatic nitrogens is 5. The van der Waals surface area contributed by atoms with Crippen molar-refractivity contribution in [1.82, 2.24) is 29.8 Å². The van der Waals surface area contributed by atoms with Gasteiger partial charge in [0, 0.05) is 25.5 Å². The fraction of sp³-hybridized carbons (Fsp3) is 0.421. The van der Waals surface area contributed by atoms with Crippen LogP contribution in [0.3, 0.4) is 0 Å². The van der Waals surface area contributed by atoms with E-state index in [9.17, 15) is 4.79 Å². The van der Waals surface area contributed by atoms with Gasteiger partial charge in [0.15, 0.2) is 5.65 Å². The lowest BCUT2D eigenvalue weighted by Gasteiger charge is -2.25. The third-order valence-corrected chi connectivity index (χ3v) is 4.67. The standard InChI is InChI=1S/C19H23ClN6O2/c1-10(2)26-17-14(6-13(20)8-23-17)24-18(26)16(12(4)28-5)25-19(27)15-9-21-11(3)7-22-15/h6-10,12,16H,1-5H3,(H,25,27)/t12-,16-/m0/s1. The van der Waals surface area contributed by atoms with Crippen LogP contribution >= 0.6 is 11.6 Å². The summed E-state index contributed by atoms with van der Waals surface area (Å²) in [4.78, 5) is 30.2. The Morgan fingerprint density at radius 2 is 1.93 bits per heavy atom. The number of pyridine rings is 1. The number of amides is 1. The van der Waals surface area contributed by atoms with E-state index in [4.69, 9.17) is 21.3 Å². The molecule has 0 aliphatic heterocycles. The van der Waals surface area contributed by atoms with Gasteiger partial charge in [-0.05, 0) is 33.8 Å². The second-order valence-corrected chi connectivity index (χ2v) is 7.30. The topological polar surface area (TPSA) is 94.8 Å². The Kier molecular flexibility index (Phi) is 5.90. The number of imidazole rings is 1. The van der Waals surface area contributed by atoms with E-state index in [0.717, 1.165) is 5.69 Å². The Labute approximate surface area is 168 Å². The van der Waals surface area contributed by atoms with E-state index < -0.39 is 6.04 Å². The lowest BCUT2D eigenvalue weighted by atomic mass is 10.1. The van der Waals surface area contributed by atoms with Crippen LogP contribution in [0.5, 0.6) is 0 Å². The minimum atomic E-state index is -0.518. The fourth-order valence-electron chi connectivity index (χ4n) is 2.96. The fourth-order valence-corrected chi connectivity index (χ4v) is 3.11. The molecule has 148 valence electrons. The van der Waals surface area contributed by atoms with Gasteiger partial charge in [-0.3, -0.25) is 9.78 Å². The minimum absolute atomic E-state index is 0.0660. The molecule has 0 spiro atoms. The van der Waals surface area contributed by atoms with Crippen molar-refractivity contribution in [2.24, 2.45) is 0 Å². The van der Waals surface area contributed by atoms with E-state index in [1.807, 2.05) is 32.3 Å². The molecule has 3 aromatic heterocycles. The first kappa shape index (κ1) is 20.2. The second-order valence-electron chi connectivity index (χ2n) is 6.86. The summed E-state index contributed by atoms with van der Waals surface area (Å²) in [5.41, 5.74) is 2.33. The number of fused-ring (bicyclic) bond motifs is 1. The van der Waals surface area contributed by atoms with Crippen molar-refractivity contribution in [3.05, 3.63) is 46.9 Å². The van der Waals surface area contributed by atoms with Crippen molar-refractivity contribution in [3.63, 3.8) is 0 Å². The first-order chi connectivity index (χ1) is 13.3. The molecule has 0 fully saturated rings. The SMILES string of the molecule is CO[C@@H](C)[C@H](NC(=O)c1cnc(C)cn1)c1nc2cc(Cl)cnc2n1C(C)C. The van der Waals surface area contributed by atoms with E-state index >= 15 is 0 Å². The van der Waals surface area contributed by atoms with Gasteiger partial charge in [-0.15, -0.1) is 0 Å². The summed E-state index contributed by atoms with van der Waals surface area (Å²) in [6, 6.07) is 1.31. The maximum atomic E-state index is 12.8. The number of hydrogen-bond donors (Lipinski definition) is 1. The van der Waals surface area contributed by atoms with Crippen molar-refractivity contribution in [3.8, 4) is 0 Å². The van der Waals surface area contributed by atoms with Crippen molar-refractivity contribution >= 4 is 28.7 Å². The molecular formula is C19H23ClN6O2. The first-order valence-electron chi connectivity index (χ1n) is 8.97. The highest BCUT2D eigenvalue weighted by Crippen LogP contribution is 2.28. The highest BCUT2D eigenvalue weighted by Gasteiger charge is 2.29. The number of carbonyl (C=O) groups excluding carboxylic acids is 1. The molecule has 0 aliphatic rings. The maximum absolute atomic E-state index is 12.8. The average molecular weight is 403 g/mol. The number of aryl methyl sites for hydroxylation is 1. The molecule has 0 aromatic carbocycles. The molecule has 0 unspecified atom stereocenters. The van der Waals surface area contributed by atoms with Gasteiger partial charge < -0.3 is 14.6 Å². The van der Waals surface area contributed by atoms with Crippen LogP contribution in [-0.4, -0.2) is 43.6 Å². The van der Waals surface area contributed by atoms with Gasteiger partial charge in [0.1, 0.15) is 23.1 Å². The van der Waals surface area contributed by atoms with Crippen LogP contribution in [0.4, 0.5) is 0 Å². The van der Waals surface area contributed by atoms with Crippen LogP contribution in [0.25, 0.3) is 11.2 Å². The van der Waals surface area contributed by atoms with Gasteiger partial charge in [0.25, 0.3) is 5.91 Å². The molecular weight excluding hydrogens is 380 g/mol. The minimum Gasteiger partial charge on any atom is -0.379 e. The number of methoxy groups -OCH3 is 1. The summed E-state index contributed by atoms with van der Waals surface area (Å²) in [7, 11) is 1.59. The zero-order valence-electron chi connectivity index (χ0n) is 16.5. The normalized spacial score (nSPS) is 13.7. The second kappa shape index (κ2) is 8.20. The van der Waals surface area contributed by atoms with Crippen LogP contribution in [0.2, 0.25) is 5.02 Å². The highest BCUT2D eigenvalue weighted by atomic mass is 35.5. The number of carbonyl (C=O) groups is 1. The zero-order valence-corrected chi connectivity index (χ0v) is 17.2. The number of ether oxygens (including phenoxy) is 1. The highest BCUT2D eigenvalue weighted by molar-refractivity contribution is 6.31. The third kappa shape index (κ3) is 3.98. The smallest absolute Gasteiger partial charge is 0.272 e. The Bertz CT molecular complexity index is 986. The van der Waals surface area contributed by atoms with E-state index in [0.29, 0.717) is 22.0 Å². The zero-order chi connectivity index (χ0) is 20.4. The van der Waals surface area contributed by atoms with E-state index in [1.54, 1.807) is 25.6 Å². The summed E-state index contributed by atoms with van der Waals surface area (Å²) in [5.74, 6) is 0.289. The summed E-state index contributed by atoms with van der Waals surface area (Å²) in [6.45, 7) is 7.75. The van der Waals surface area contributed by atoms with E-state index in [-0.39, 0.29) is 23.7 Å². The lowest BCUT2D eigenvalue weighted by Crippen LogP contribution is -2.38. The molecule has 0 bridgehead atoms. The predicted octanol–water partition coefficient (Wildman–Crippen LogP) is 3.27. The van der Waals surface area contributed by atoms with Crippen LogP contribution in [-0.2, 0) is 4.74 Å². The van der Waals surface area contributed by atoms with Crippen molar-refractivity contribution in [2.75, 3.05) is 7.11 Å². The van der Waals surface area contributed by atoms with Gasteiger partial charge in [-0.1, -0.05) is 11.6 Å². The molecule has 2 atom stereocenters. The number of nitrogens with zero attached hydrogens (tertiary/aromatic N) is 5. The molecule has 1 amide bonds. The average Bonchev–Trinajstić information content (AvgIpc) is 3.04. The summed E-state index contributed by atoms with van der Waals surface area (Å²) in [5, 5.41) is 3.48. The molecule has 9 heteroatoms. The Hall–Kier alpha value is -2.58. The molecule has 0 saturated carbocycles. The first-order valence-corrected chi connectivity index (χ1v) is 9.35. The molecule has 8 nitrogen and oxygen atoms in total. The van der Waals surface area contributed by atoms with Crippen molar-refractivity contribution < 1.29 is 9.53 Å². The molecule has 3 aromatic rings. The summed E-state index contributed by atoms with van der Waals surface area (Å²) in [6.07, 6.45) is 4.25. The quantitative estimate of drug-likeness (QED) is 0.679. The van der Waals surface area contributed by atoms with Gasteiger partial charge in [-0.25, -0.2) is 15.0 Å². The third-order valence-electron chi connectivity index (χ3n) is 4.46. The van der Waals surface area contributed by atoms with Crippen molar-refractivity contribution in [2.45, 2.75) is 45.9 Å². The molecule has 0 saturated heterocycles. The van der Waals surface area contributed by atoms with Gasteiger partial charge in [-0.2, -0.15) is 0 Å². The number of halogens is 1. The Morgan fingerprint density at radius 1 is 1.18 bits per heavy atom. The largest absolute Gasteiger partial charge is 0.379 e. The lowest BCUT2D eigenvalue weighted by molar-refractivity contribution is 0.0664. The molecule has 28 heavy (non-hydrogen) atoms. The summed E-state index contributed by atoms with van der Waals surface area (Å²) < 4.78 is 7.51. The van der Waals surface area contributed by atoms with Crippen LogP contribution in [0, 0.1) is 6.92 Å². The summed E-state index contributed by atoms with van der Waals surface area (Å²) >= 11 is 6.08. The van der Waals surface area contributed by atoms with Crippen LogP contribution < -0.4 is 5.32 Å². The van der Waals surface area contributed by atoms with E-state index in [1.165, 1.54) is 6.20 Å². The number of hydrogen-bond acceptors (Lipinski definition) is 6. The van der Waals surface area contributed by atoms with E-state index in [2.05, 4.69) is 20.3 Å². The van der Waals surface area contributed by atoms with Crippen molar-refractivity contribution in [1.29, 1.82) is 0 Å². The van der Waals surface area contributed by atoms with Gasteiger partial charge >= 0.3 is 0 Å². The number of rotatable bonds is 6. The Balaban J connectivity index is 2.05. The molecule has 0 aliphatic carbocycles. The van der Waals surface area contributed by atoms with Crippen LogP contribution in [0.1, 0.15) is 54.9 Å². The molecule has 1 N–H and O–H groups in total. The number of nitrogens with one attached hydrogen (secondary N) is 1. The van der Waals surface area contributed by atoms with Crippen LogP contribution in [0.15, 0.2) is 24.7 Å². The maximum Gasteiger partial charge on any atom is 0.272 e. The molecule has 3 rings (SSSR count). The van der Waals surface area contributed by atoms with Gasteiger partial charge in [0.2, 0.25) is 0 Å². The predicted molar refractivity (Wildman–Crippen MR) is 106 cm³/mol. The molecule has 3 heterocycles. The monoisotopic (exact) mass is 402 g/mol.